The van der Waals surface area contributed by atoms with Crippen molar-refractivity contribution in [1.82, 2.24) is 9.88 Å². The Labute approximate surface area is 241 Å². The number of pyridine rings is 1. The largest absolute Gasteiger partial charge is 0.496 e. The Morgan fingerprint density at radius 3 is 2.49 bits per heavy atom. The molecule has 1 N–H and O–H groups in total. The van der Waals surface area contributed by atoms with Crippen LogP contribution in [0.25, 0.3) is 11.3 Å². The Hall–Kier alpha value is -3.68. The number of methoxy groups -OCH3 is 1. The van der Waals surface area contributed by atoms with Gasteiger partial charge in [0.2, 0.25) is 5.91 Å². The number of carboxylic acids is 1. The van der Waals surface area contributed by atoms with Crippen LogP contribution in [0.2, 0.25) is 0 Å². The normalized spacial score (nSPS) is 25.5. The molecule has 0 spiro atoms. The molecule has 2 aromatic rings. The molecule has 5 rings (SSSR count). The fourth-order valence-corrected chi connectivity index (χ4v) is 7.16. The molecule has 8 heteroatoms. The number of hydrogen-bond acceptors (Lipinski definition) is 6. The topological polar surface area (TPSA) is 106 Å². The van der Waals surface area contributed by atoms with Gasteiger partial charge in [0.15, 0.2) is 11.5 Å². The van der Waals surface area contributed by atoms with E-state index in [9.17, 15) is 19.5 Å². The number of Topliss-reactive ketones (excluding diaryl/α,β-unsaturated/α-hetero) is 1. The number of allylic oxidation sites excluding steroid dienone is 2. The van der Waals surface area contributed by atoms with E-state index in [4.69, 9.17) is 9.47 Å². The second-order valence-corrected chi connectivity index (χ2v) is 13.0. The van der Waals surface area contributed by atoms with E-state index in [2.05, 4.69) is 32.7 Å². The number of amides is 1. The van der Waals surface area contributed by atoms with E-state index < -0.39 is 17.8 Å². The number of aromatic carboxylic acids is 1. The highest BCUT2D eigenvalue weighted by molar-refractivity contribution is 6.01. The molecular formula is C33H40N2O6. The lowest BCUT2D eigenvalue weighted by atomic mass is 9.64. The lowest BCUT2D eigenvalue weighted by Crippen LogP contribution is -2.58. The molecule has 3 aliphatic rings. The van der Waals surface area contributed by atoms with Crippen molar-refractivity contribution in [3.05, 3.63) is 58.0 Å². The highest BCUT2D eigenvalue weighted by Crippen LogP contribution is 2.54. The lowest BCUT2D eigenvalue weighted by molar-refractivity contribution is -0.154. The van der Waals surface area contributed by atoms with Crippen LogP contribution in [0.1, 0.15) is 80.1 Å². The van der Waals surface area contributed by atoms with Crippen LogP contribution in [0.5, 0.6) is 5.75 Å². The number of benzene rings is 1. The summed E-state index contributed by atoms with van der Waals surface area (Å²) in [5.41, 5.74) is 3.67. The van der Waals surface area contributed by atoms with Crippen LogP contribution in [0.15, 0.2) is 35.6 Å². The van der Waals surface area contributed by atoms with Gasteiger partial charge in [-0.2, -0.15) is 0 Å². The molecule has 1 amide bonds. The number of aryl methyl sites for hydroxylation is 1. The van der Waals surface area contributed by atoms with E-state index in [1.165, 1.54) is 0 Å². The first-order chi connectivity index (χ1) is 19.3. The van der Waals surface area contributed by atoms with Crippen molar-refractivity contribution in [3.63, 3.8) is 0 Å². The SMILES string of the molecule is COc1ccc(-c2ccc(C)c(C(=O)O)n2)c(C)c1[C@H]1C2=C(CC(C)(C)CC2=O)O[C@H]2C[C@@H](C(C)C)N(C)C(=O)[C@@H]21. The summed E-state index contributed by atoms with van der Waals surface area (Å²) in [6.07, 6.45) is 1.28. The fraction of sp³-hybridized carbons (Fsp3) is 0.515. The smallest absolute Gasteiger partial charge is 0.354 e. The van der Waals surface area contributed by atoms with Crippen LogP contribution in [0, 0.1) is 31.1 Å². The van der Waals surface area contributed by atoms with Gasteiger partial charge in [0.1, 0.15) is 17.6 Å². The van der Waals surface area contributed by atoms with Crippen molar-refractivity contribution in [2.24, 2.45) is 17.3 Å². The third kappa shape index (κ3) is 4.81. The summed E-state index contributed by atoms with van der Waals surface area (Å²) in [5, 5.41) is 9.71. The van der Waals surface area contributed by atoms with Crippen LogP contribution in [-0.2, 0) is 14.3 Å². The number of ketones is 1. The monoisotopic (exact) mass is 560 g/mol. The number of carbonyl (C=O) groups excluding carboxylic acids is 2. The maximum absolute atomic E-state index is 14.2. The van der Waals surface area contributed by atoms with Gasteiger partial charge in [-0.05, 0) is 54.5 Å². The molecule has 8 nitrogen and oxygen atoms in total. The number of fused-ring (bicyclic) bond motifs is 1. The quantitative estimate of drug-likeness (QED) is 0.500. The maximum atomic E-state index is 14.2. The van der Waals surface area contributed by atoms with Gasteiger partial charge in [0.05, 0.1) is 18.7 Å². The number of likely N-dealkylation sites (tertiary alicyclic amines) is 1. The molecule has 0 radical (unpaired) electrons. The number of nitrogens with zero attached hydrogens (tertiary/aromatic N) is 2. The van der Waals surface area contributed by atoms with E-state index in [1.54, 1.807) is 26.2 Å². The van der Waals surface area contributed by atoms with Gasteiger partial charge < -0.3 is 19.5 Å². The predicted molar refractivity (Wildman–Crippen MR) is 155 cm³/mol. The van der Waals surface area contributed by atoms with Gasteiger partial charge in [0, 0.05) is 55.0 Å². The fourth-order valence-electron chi connectivity index (χ4n) is 7.16. The van der Waals surface area contributed by atoms with Crippen LogP contribution in [0.3, 0.4) is 0 Å². The number of carbonyl (C=O) groups is 3. The molecule has 218 valence electrons. The predicted octanol–water partition coefficient (Wildman–Crippen LogP) is 5.70. The molecule has 1 saturated heterocycles. The van der Waals surface area contributed by atoms with Gasteiger partial charge in [0.25, 0.3) is 0 Å². The third-order valence-electron chi connectivity index (χ3n) is 9.20. The summed E-state index contributed by atoms with van der Waals surface area (Å²) < 4.78 is 12.5. The number of ether oxygens (including phenoxy) is 2. The first-order valence-corrected chi connectivity index (χ1v) is 14.3. The van der Waals surface area contributed by atoms with Crippen molar-refractivity contribution >= 4 is 17.7 Å². The molecule has 1 fully saturated rings. The average molecular weight is 561 g/mol. The van der Waals surface area contributed by atoms with Crippen molar-refractivity contribution in [2.75, 3.05) is 14.2 Å². The van der Waals surface area contributed by atoms with Gasteiger partial charge in [-0.1, -0.05) is 33.8 Å². The van der Waals surface area contributed by atoms with E-state index in [0.717, 1.165) is 16.7 Å². The van der Waals surface area contributed by atoms with E-state index in [1.807, 2.05) is 31.0 Å². The highest BCUT2D eigenvalue weighted by Gasteiger charge is 2.55. The molecule has 41 heavy (non-hydrogen) atoms. The Bertz CT molecular complexity index is 1470. The van der Waals surface area contributed by atoms with Gasteiger partial charge >= 0.3 is 5.97 Å². The number of rotatable bonds is 5. The zero-order valence-electron chi connectivity index (χ0n) is 25.2. The van der Waals surface area contributed by atoms with Crippen LogP contribution < -0.4 is 4.74 Å². The molecule has 3 heterocycles. The molecule has 1 aliphatic carbocycles. The summed E-state index contributed by atoms with van der Waals surface area (Å²) in [6, 6.07) is 7.27. The Balaban J connectivity index is 1.76. The van der Waals surface area contributed by atoms with Crippen molar-refractivity contribution in [1.29, 1.82) is 0 Å². The van der Waals surface area contributed by atoms with E-state index >= 15 is 0 Å². The minimum absolute atomic E-state index is 0.00498. The molecule has 0 saturated carbocycles. The number of piperidine rings is 1. The molecule has 0 bridgehead atoms. The van der Waals surface area contributed by atoms with E-state index in [-0.39, 0.29) is 40.9 Å². The first-order valence-electron chi connectivity index (χ1n) is 14.3. The second-order valence-electron chi connectivity index (χ2n) is 13.0. The standard InChI is InChI=1S/C33H40N2O6/c1-16(2)21-13-24-28(31(37)35(21)7)29(27-22(36)14-33(5,6)15-25(27)41-24)26-18(4)19(10-12-23(26)40-8)20-11-9-17(3)30(34-20)32(38)39/h9-12,16,21,24,28-29H,13-15H2,1-8H3,(H,38,39)/t21-,24-,28-,29-/m0/s1. The maximum Gasteiger partial charge on any atom is 0.354 e. The summed E-state index contributed by atoms with van der Waals surface area (Å²) in [6.45, 7) is 12.0. The van der Waals surface area contributed by atoms with Crippen LogP contribution in [0.4, 0.5) is 0 Å². The van der Waals surface area contributed by atoms with Crippen LogP contribution >= 0.6 is 0 Å². The first kappa shape index (κ1) is 28.8. The Morgan fingerprint density at radius 1 is 1.15 bits per heavy atom. The molecule has 2 aliphatic heterocycles. The summed E-state index contributed by atoms with van der Waals surface area (Å²) in [4.78, 5) is 46.3. The third-order valence-corrected chi connectivity index (χ3v) is 9.20. The number of carboxylic acid groups (broad SMARTS) is 1. The molecule has 1 aromatic heterocycles. The second kappa shape index (κ2) is 10.3. The van der Waals surface area contributed by atoms with Crippen LogP contribution in [-0.4, -0.2) is 59.0 Å². The summed E-state index contributed by atoms with van der Waals surface area (Å²) in [7, 11) is 3.44. The minimum Gasteiger partial charge on any atom is -0.496 e. The molecular weight excluding hydrogens is 520 g/mol. The van der Waals surface area contributed by atoms with Crippen molar-refractivity contribution in [2.45, 2.75) is 78.9 Å². The zero-order chi connectivity index (χ0) is 30.0. The van der Waals surface area contributed by atoms with Crippen molar-refractivity contribution < 1.29 is 29.0 Å². The summed E-state index contributed by atoms with van der Waals surface area (Å²) >= 11 is 0. The zero-order valence-corrected chi connectivity index (χ0v) is 25.2. The Morgan fingerprint density at radius 2 is 1.85 bits per heavy atom. The minimum atomic E-state index is -1.09. The van der Waals surface area contributed by atoms with Gasteiger partial charge in [-0.25, -0.2) is 9.78 Å². The Kier molecular flexibility index (Phi) is 7.24. The molecule has 4 atom stereocenters. The van der Waals surface area contributed by atoms with Gasteiger partial charge in [-0.15, -0.1) is 0 Å². The lowest BCUT2D eigenvalue weighted by Gasteiger charge is -2.51. The number of hydrogen-bond donors (Lipinski definition) is 1. The summed E-state index contributed by atoms with van der Waals surface area (Å²) in [5.74, 6) is -0.778. The average Bonchev–Trinajstić information content (AvgIpc) is 2.88. The van der Waals surface area contributed by atoms with E-state index in [0.29, 0.717) is 47.6 Å². The van der Waals surface area contributed by atoms with Gasteiger partial charge in [-0.3, -0.25) is 9.59 Å². The molecule has 1 aromatic carbocycles. The molecule has 0 unspecified atom stereocenters. The highest BCUT2D eigenvalue weighted by atomic mass is 16.5. The number of aromatic nitrogens is 1. The van der Waals surface area contributed by atoms with Crippen molar-refractivity contribution in [3.8, 4) is 17.0 Å².